The number of rotatable bonds is 16. The molecule has 0 bridgehead atoms. The molecular formula is C24H40O6S. The largest absolute Gasteiger partial charge is 0.458 e. The van der Waals surface area contributed by atoms with Gasteiger partial charge in [-0.1, -0.05) is 62.6 Å². The lowest BCUT2D eigenvalue weighted by Crippen LogP contribution is -2.26. The van der Waals surface area contributed by atoms with E-state index in [2.05, 4.69) is 0 Å². The fraction of sp³-hybridized carbons (Fsp3) is 0.708. The second kappa shape index (κ2) is 14.6. The quantitative estimate of drug-likeness (QED) is 0.184. The van der Waals surface area contributed by atoms with Gasteiger partial charge in [-0.25, -0.2) is 4.79 Å². The molecule has 0 spiro atoms. The van der Waals surface area contributed by atoms with Gasteiger partial charge in [0.05, 0.1) is 11.5 Å². The van der Waals surface area contributed by atoms with Gasteiger partial charge in [0.2, 0.25) is 0 Å². The molecule has 0 aliphatic carbocycles. The van der Waals surface area contributed by atoms with Crippen LogP contribution in [0.5, 0.6) is 0 Å². The highest BCUT2D eigenvalue weighted by Crippen LogP contribution is 2.15. The molecule has 1 aromatic rings. The standard InChI is InChI=1S/C24H40O6S/c1-21-14-16-22(17-15-21)31(26,27)29-19-13-11-9-7-5-6-8-10-12-18-28-20-23(25)30-24(2,3)4/h14-17H,5-13,18-20H2,1-4H3. The summed E-state index contributed by atoms with van der Waals surface area (Å²) in [6.07, 6.45) is 9.54. The van der Waals surface area contributed by atoms with Gasteiger partial charge >= 0.3 is 5.97 Å². The molecule has 178 valence electrons. The molecule has 0 amide bonds. The lowest BCUT2D eigenvalue weighted by molar-refractivity contribution is -0.160. The van der Waals surface area contributed by atoms with Crippen LogP contribution < -0.4 is 0 Å². The summed E-state index contributed by atoms with van der Waals surface area (Å²) >= 11 is 0. The lowest BCUT2D eigenvalue weighted by Gasteiger charge is -2.19. The highest BCUT2D eigenvalue weighted by Gasteiger charge is 2.16. The van der Waals surface area contributed by atoms with Gasteiger partial charge in [-0.15, -0.1) is 0 Å². The number of carbonyl (C=O) groups is 1. The number of hydrogen-bond donors (Lipinski definition) is 0. The molecule has 1 aromatic carbocycles. The first-order chi connectivity index (χ1) is 14.6. The van der Waals surface area contributed by atoms with Gasteiger partial charge in [0.15, 0.2) is 0 Å². The van der Waals surface area contributed by atoms with Crippen LogP contribution in [0.2, 0.25) is 0 Å². The normalized spacial score (nSPS) is 12.1. The predicted octanol–water partition coefficient (Wildman–Crippen LogP) is 5.57. The molecule has 0 aliphatic heterocycles. The average molecular weight is 457 g/mol. The molecule has 7 heteroatoms. The number of benzene rings is 1. The summed E-state index contributed by atoms with van der Waals surface area (Å²) in [5, 5.41) is 0. The molecule has 0 N–H and O–H groups in total. The molecule has 0 radical (unpaired) electrons. The van der Waals surface area contributed by atoms with Crippen LogP contribution >= 0.6 is 0 Å². The van der Waals surface area contributed by atoms with Crippen LogP contribution in [0.3, 0.4) is 0 Å². The highest BCUT2D eigenvalue weighted by atomic mass is 32.2. The highest BCUT2D eigenvalue weighted by molar-refractivity contribution is 7.86. The topological polar surface area (TPSA) is 78.9 Å². The van der Waals surface area contributed by atoms with E-state index in [1.54, 1.807) is 24.3 Å². The third-order valence-corrected chi connectivity index (χ3v) is 5.95. The minimum atomic E-state index is -3.64. The third kappa shape index (κ3) is 14.3. The molecule has 0 fully saturated rings. The van der Waals surface area contributed by atoms with E-state index in [-0.39, 0.29) is 24.1 Å². The number of aryl methyl sites for hydroxylation is 1. The van der Waals surface area contributed by atoms with E-state index < -0.39 is 15.7 Å². The molecule has 0 heterocycles. The SMILES string of the molecule is Cc1ccc(S(=O)(=O)OCCCCCCCCCCCOCC(=O)OC(C)(C)C)cc1. The van der Waals surface area contributed by atoms with Gasteiger partial charge in [-0.3, -0.25) is 4.18 Å². The Balaban J connectivity index is 1.90. The van der Waals surface area contributed by atoms with Crippen LogP contribution in [-0.4, -0.2) is 39.8 Å². The third-order valence-electron chi connectivity index (χ3n) is 4.62. The Labute approximate surface area is 188 Å². The summed E-state index contributed by atoms with van der Waals surface area (Å²) in [5.74, 6) is -0.314. The van der Waals surface area contributed by atoms with Crippen molar-refractivity contribution >= 4 is 16.1 Å². The van der Waals surface area contributed by atoms with Crippen molar-refractivity contribution in [3.8, 4) is 0 Å². The van der Waals surface area contributed by atoms with Crippen molar-refractivity contribution in [2.24, 2.45) is 0 Å². The van der Waals surface area contributed by atoms with Gasteiger partial charge in [0, 0.05) is 6.61 Å². The summed E-state index contributed by atoms with van der Waals surface area (Å²) in [7, 11) is -3.64. The van der Waals surface area contributed by atoms with Crippen LogP contribution in [0.4, 0.5) is 0 Å². The summed E-state index contributed by atoms with van der Waals surface area (Å²) in [6.45, 7) is 8.29. The Morgan fingerprint density at radius 1 is 0.806 bits per heavy atom. The first kappa shape index (κ1) is 27.6. The van der Waals surface area contributed by atoms with Gasteiger partial charge in [0.25, 0.3) is 10.1 Å². The van der Waals surface area contributed by atoms with Crippen molar-refractivity contribution in [3.05, 3.63) is 29.8 Å². The maximum Gasteiger partial charge on any atom is 0.332 e. The Hall–Kier alpha value is -1.44. The first-order valence-corrected chi connectivity index (χ1v) is 12.8. The van der Waals surface area contributed by atoms with E-state index in [1.807, 2.05) is 27.7 Å². The Morgan fingerprint density at radius 2 is 1.29 bits per heavy atom. The zero-order chi connectivity index (χ0) is 23.2. The van der Waals surface area contributed by atoms with Crippen molar-refractivity contribution in [3.63, 3.8) is 0 Å². The van der Waals surface area contributed by atoms with E-state index >= 15 is 0 Å². The second-order valence-electron chi connectivity index (χ2n) is 8.91. The molecule has 6 nitrogen and oxygen atoms in total. The number of ether oxygens (including phenoxy) is 2. The molecule has 0 saturated carbocycles. The minimum Gasteiger partial charge on any atom is -0.458 e. The number of esters is 1. The van der Waals surface area contributed by atoms with Crippen molar-refractivity contribution in [1.29, 1.82) is 0 Å². The van der Waals surface area contributed by atoms with Crippen LogP contribution in [0, 0.1) is 6.92 Å². The number of hydrogen-bond acceptors (Lipinski definition) is 6. The lowest BCUT2D eigenvalue weighted by atomic mass is 10.1. The molecule has 0 aromatic heterocycles. The van der Waals surface area contributed by atoms with Crippen molar-refractivity contribution < 1.29 is 26.9 Å². The maximum atomic E-state index is 12.1. The predicted molar refractivity (Wildman–Crippen MR) is 123 cm³/mol. The molecule has 1 rings (SSSR count). The first-order valence-electron chi connectivity index (χ1n) is 11.4. The minimum absolute atomic E-state index is 0.0211. The number of unbranched alkanes of at least 4 members (excludes halogenated alkanes) is 8. The zero-order valence-electron chi connectivity index (χ0n) is 19.7. The summed E-state index contributed by atoms with van der Waals surface area (Å²) in [4.78, 5) is 11.7. The second-order valence-corrected chi connectivity index (χ2v) is 10.5. The van der Waals surface area contributed by atoms with E-state index in [1.165, 1.54) is 12.8 Å². The Kier molecular flexibility index (Phi) is 13.0. The average Bonchev–Trinajstić information content (AvgIpc) is 2.67. The van der Waals surface area contributed by atoms with Crippen LogP contribution in [0.1, 0.15) is 84.1 Å². The van der Waals surface area contributed by atoms with Gasteiger partial charge in [-0.2, -0.15) is 8.42 Å². The van der Waals surface area contributed by atoms with Gasteiger partial charge in [-0.05, 0) is 52.7 Å². The fourth-order valence-corrected chi connectivity index (χ4v) is 3.95. The van der Waals surface area contributed by atoms with Gasteiger partial charge in [0.1, 0.15) is 12.2 Å². The van der Waals surface area contributed by atoms with E-state index in [0.717, 1.165) is 50.5 Å². The summed E-state index contributed by atoms with van der Waals surface area (Å²) in [6, 6.07) is 6.70. The monoisotopic (exact) mass is 456 g/mol. The molecule has 0 saturated heterocycles. The van der Waals surface area contributed by atoms with Crippen molar-refractivity contribution in [2.45, 2.75) is 96.0 Å². The van der Waals surface area contributed by atoms with Crippen LogP contribution in [0.25, 0.3) is 0 Å². The van der Waals surface area contributed by atoms with Crippen LogP contribution in [-0.2, 0) is 28.6 Å². The summed E-state index contributed by atoms with van der Waals surface area (Å²) < 4.78 is 39.8. The summed E-state index contributed by atoms with van der Waals surface area (Å²) in [5.41, 5.74) is 0.553. The van der Waals surface area contributed by atoms with Crippen molar-refractivity contribution in [2.75, 3.05) is 19.8 Å². The molecule has 0 aliphatic rings. The number of carbonyl (C=O) groups excluding carboxylic acids is 1. The van der Waals surface area contributed by atoms with E-state index in [0.29, 0.717) is 6.61 Å². The van der Waals surface area contributed by atoms with E-state index in [4.69, 9.17) is 13.7 Å². The smallest absolute Gasteiger partial charge is 0.332 e. The Bertz CT molecular complexity index is 719. The molecule has 0 unspecified atom stereocenters. The van der Waals surface area contributed by atoms with Gasteiger partial charge < -0.3 is 9.47 Å². The molecule has 0 atom stereocenters. The van der Waals surface area contributed by atoms with Crippen molar-refractivity contribution in [1.82, 2.24) is 0 Å². The zero-order valence-corrected chi connectivity index (χ0v) is 20.5. The van der Waals surface area contributed by atoms with Crippen LogP contribution in [0.15, 0.2) is 29.2 Å². The molecular weight excluding hydrogens is 416 g/mol. The van der Waals surface area contributed by atoms with E-state index in [9.17, 15) is 13.2 Å². The fourth-order valence-electron chi connectivity index (χ4n) is 3.01. The maximum absolute atomic E-state index is 12.1. The molecule has 31 heavy (non-hydrogen) atoms. The Morgan fingerprint density at radius 3 is 1.81 bits per heavy atom.